The number of rotatable bonds is 7. The Balaban J connectivity index is 1.83. The Hall–Kier alpha value is -2.64. The number of aliphatic hydroxyl groups is 1. The Labute approximate surface area is 136 Å². The van der Waals surface area contributed by atoms with Crippen LogP contribution >= 0.6 is 0 Å². The molecule has 0 saturated heterocycles. The average molecular weight is 309 g/mol. The Morgan fingerprint density at radius 3 is 2.39 bits per heavy atom. The first kappa shape index (κ1) is 16.7. The van der Waals surface area contributed by atoms with E-state index in [1.165, 1.54) is 0 Å². The van der Waals surface area contributed by atoms with Crippen molar-refractivity contribution in [2.75, 3.05) is 6.61 Å². The van der Waals surface area contributed by atoms with E-state index < -0.39 is 0 Å². The van der Waals surface area contributed by atoms with E-state index >= 15 is 0 Å². The van der Waals surface area contributed by atoms with Crippen LogP contribution in [0, 0.1) is 12.5 Å². The normalized spacial score (nSPS) is 11.5. The van der Waals surface area contributed by atoms with Gasteiger partial charge in [0.15, 0.2) is 5.69 Å². The van der Waals surface area contributed by atoms with Crippen LogP contribution in [0.4, 0.5) is 5.69 Å². The number of aliphatic hydroxyl groups excluding tert-OH is 1. The summed E-state index contributed by atoms with van der Waals surface area (Å²) in [6.07, 6.45) is 0.753. The van der Waals surface area contributed by atoms with Crippen LogP contribution in [0.5, 0.6) is 0 Å². The van der Waals surface area contributed by atoms with Crippen molar-refractivity contribution in [3.8, 4) is 0 Å². The molecular formula is C19H19NO3. The summed E-state index contributed by atoms with van der Waals surface area (Å²) >= 11 is 0. The van der Waals surface area contributed by atoms with Crippen LogP contribution in [0.15, 0.2) is 54.6 Å². The van der Waals surface area contributed by atoms with E-state index in [0.717, 1.165) is 11.1 Å². The number of carbonyl (C=O) groups is 1. The number of hydrogen-bond donors (Lipinski definition) is 1. The van der Waals surface area contributed by atoms with Crippen LogP contribution in [0.1, 0.15) is 17.5 Å². The topological polar surface area (TPSA) is 50.9 Å². The van der Waals surface area contributed by atoms with E-state index in [-0.39, 0.29) is 31.5 Å². The van der Waals surface area contributed by atoms with Gasteiger partial charge in [0, 0.05) is 6.61 Å². The zero-order valence-corrected chi connectivity index (χ0v) is 12.8. The number of ether oxygens (including phenoxy) is 1. The fourth-order valence-corrected chi connectivity index (χ4v) is 2.27. The van der Waals surface area contributed by atoms with E-state index in [0.29, 0.717) is 12.1 Å². The SMILES string of the molecule is [C-]#[N+]c1ccc(C[C@@H](CO)CC(=O)OCc2ccccc2)cc1. The molecule has 2 aromatic rings. The number of nitrogens with zero attached hydrogens (tertiary/aromatic N) is 1. The van der Waals surface area contributed by atoms with Crippen molar-refractivity contribution in [1.82, 2.24) is 0 Å². The van der Waals surface area contributed by atoms with E-state index in [9.17, 15) is 9.90 Å². The van der Waals surface area contributed by atoms with Gasteiger partial charge < -0.3 is 9.84 Å². The van der Waals surface area contributed by atoms with Crippen molar-refractivity contribution in [3.63, 3.8) is 0 Å². The molecule has 4 heteroatoms. The molecule has 0 radical (unpaired) electrons. The van der Waals surface area contributed by atoms with Gasteiger partial charge in [0.05, 0.1) is 13.0 Å². The zero-order chi connectivity index (χ0) is 16.5. The van der Waals surface area contributed by atoms with Gasteiger partial charge in [-0.2, -0.15) is 0 Å². The molecule has 0 bridgehead atoms. The molecule has 0 aliphatic carbocycles. The lowest BCUT2D eigenvalue weighted by Crippen LogP contribution is -2.17. The molecule has 0 unspecified atom stereocenters. The van der Waals surface area contributed by atoms with Crippen LogP contribution in [-0.4, -0.2) is 17.7 Å². The number of benzene rings is 2. The van der Waals surface area contributed by atoms with Crippen LogP contribution < -0.4 is 0 Å². The molecular weight excluding hydrogens is 290 g/mol. The van der Waals surface area contributed by atoms with Crippen molar-refractivity contribution in [2.24, 2.45) is 5.92 Å². The molecule has 0 saturated carbocycles. The molecule has 0 amide bonds. The van der Waals surface area contributed by atoms with E-state index in [2.05, 4.69) is 4.85 Å². The molecule has 0 aliphatic rings. The smallest absolute Gasteiger partial charge is 0.306 e. The maximum atomic E-state index is 11.9. The van der Waals surface area contributed by atoms with Gasteiger partial charge in [-0.15, -0.1) is 0 Å². The summed E-state index contributed by atoms with van der Waals surface area (Å²) < 4.78 is 5.24. The summed E-state index contributed by atoms with van der Waals surface area (Å²) in [5.41, 5.74) is 2.51. The predicted molar refractivity (Wildman–Crippen MR) is 87.8 cm³/mol. The van der Waals surface area contributed by atoms with Gasteiger partial charge in [0.1, 0.15) is 6.61 Å². The molecule has 0 heterocycles. The van der Waals surface area contributed by atoms with Gasteiger partial charge in [-0.1, -0.05) is 60.2 Å². The molecule has 2 rings (SSSR count). The van der Waals surface area contributed by atoms with Gasteiger partial charge in [-0.05, 0) is 17.9 Å². The van der Waals surface area contributed by atoms with Crippen molar-refractivity contribution in [2.45, 2.75) is 19.4 Å². The maximum Gasteiger partial charge on any atom is 0.306 e. The van der Waals surface area contributed by atoms with Crippen LogP contribution in [0.2, 0.25) is 0 Å². The van der Waals surface area contributed by atoms with Gasteiger partial charge in [0.25, 0.3) is 0 Å². The number of esters is 1. The van der Waals surface area contributed by atoms with Crippen molar-refractivity contribution in [1.29, 1.82) is 0 Å². The summed E-state index contributed by atoms with van der Waals surface area (Å²) in [5, 5.41) is 9.47. The number of hydrogen-bond acceptors (Lipinski definition) is 3. The minimum Gasteiger partial charge on any atom is -0.461 e. The quantitative estimate of drug-likeness (QED) is 0.629. The van der Waals surface area contributed by atoms with Crippen molar-refractivity contribution >= 4 is 11.7 Å². The van der Waals surface area contributed by atoms with E-state index in [1.807, 2.05) is 42.5 Å². The molecule has 0 fully saturated rings. The fraction of sp³-hybridized carbons (Fsp3) is 0.263. The van der Waals surface area contributed by atoms with Gasteiger partial charge in [-0.25, -0.2) is 4.85 Å². The second-order valence-corrected chi connectivity index (χ2v) is 5.38. The molecule has 118 valence electrons. The molecule has 23 heavy (non-hydrogen) atoms. The molecule has 1 N–H and O–H groups in total. The van der Waals surface area contributed by atoms with Crippen LogP contribution in [0.25, 0.3) is 4.85 Å². The lowest BCUT2D eigenvalue weighted by Gasteiger charge is -2.14. The monoisotopic (exact) mass is 309 g/mol. The van der Waals surface area contributed by atoms with Gasteiger partial charge in [-0.3, -0.25) is 4.79 Å². The molecule has 4 nitrogen and oxygen atoms in total. The summed E-state index contributed by atoms with van der Waals surface area (Å²) in [6.45, 7) is 7.09. The Bertz CT molecular complexity index is 659. The molecule has 0 spiro atoms. The lowest BCUT2D eigenvalue weighted by molar-refractivity contribution is -0.146. The third-order valence-corrected chi connectivity index (χ3v) is 3.55. The largest absolute Gasteiger partial charge is 0.461 e. The summed E-state index contributed by atoms with van der Waals surface area (Å²) in [4.78, 5) is 15.2. The highest BCUT2D eigenvalue weighted by atomic mass is 16.5. The summed E-state index contributed by atoms with van der Waals surface area (Å²) in [7, 11) is 0. The molecule has 1 atom stereocenters. The second-order valence-electron chi connectivity index (χ2n) is 5.38. The molecule has 0 aliphatic heterocycles. The zero-order valence-electron chi connectivity index (χ0n) is 12.8. The van der Waals surface area contributed by atoms with E-state index in [4.69, 9.17) is 11.3 Å². The summed E-state index contributed by atoms with van der Waals surface area (Å²) in [6, 6.07) is 16.7. The maximum absolute atomic E-state index is 11.9. The highest BCUT2D eigenvalue weighted by Gasteiger charge is 2.15. The molecule has 2 aromatic carbocycles. The third-order valence-electron chi connectivity index (χ3n) is 3.55. The van der Waals surface area contributed by atoms with Crippen LogP contribution in [0.3, 0.4) is 0 Å². The lowest BCUT2D eigenvalue weighted by atomic mass is 9.97. The first-order valence-corrected chi connectivity index (χ1v) is 7.48. The van der Waals surface area contributed by atoms with E-state index in [1.54, 1.807) is 12.1 Å². The highest BCUT2D eigenvalue weighted by molar-refractivity contribution is 5.69. The standard InChI is InChI=1S/C19H19NO3/c1-20-18-9-7-15(8-10-18)11-17(13-21)12-19(22)23-14-16-5-3-2-4-6-16/h2-10,17,21H,11-14H2/t17-/m1/s1. The van der Waals surface area contributed by atoms with Gasteiger partial charge >= 0.3 is 5.97 Å². The van der Waals surface area contributed by atoms with Crippen molar-refractivity contribution in [3.05, 3.63) is 77.1 Å². The first-order chi connectivity index (χ1) is 11.2. The molecule has 0 aromatic heterocycles. The minimum atomic E-state index is -0.314. The predicted octanol–water partition coefficient (Wildman–Crippen LogP) is 3.52. The van der Waals surface area contributed by atoms with Crippen LogP contribution in [-0.2, 0) is 22.6 Å². The third kappa shape index (κ3) is 5.57. The average Bonchev–Trinajstić information content (AvgIpc) is 2.61. The van der Waals surface area contributed by atoms with Crippen molar-refractivity contribution < 1.29 is 14.6 Å². The fourth-order valence-electron chi connectivity index (χ4n) is 2.27. The Kier molecular flexibility index (Phi) is 6.34. The van der Waals surface area contributed by atoms with Gasteiger partial charge in [0.2, 0.25) is 0 Å². The Morgan fingerprint density at radius 2 is 1.78 bits per heavy atom. The number of carbonyl (C=O) groups excluding carboxylic acids is 1. The highest BCUT2D eigenvalue weighted by Crippen LogP contribution is 2.17. The minimum absolute atomic E-state index is 0.0784. The second kappa shape index (κ2) is 8.72. The Morgan fingerprint density at radius 1 is 1.09 bits per heavy atom. The first-order valence-electron chi connectivity index (χ1n) is 7.48. The summed E-state index contributed by atoms with van der Waals surface area (Å²) in [5.74, 6) is -0.497.